The molecular weight excluding hydrogens is 316 g/mol. The summed E-state index contributed by atoms with van der Waals surface area (Å²) in [7, 11) is 0. The number of hydrogen-bond acceptors (Lipinski definition) is 2. The van der Waals surface area contributed by atoms with E-state index < -0.39 is 5.82 Å². The fourth-order valence-corrected chi connectivity index (χ4v) is 2.24. The van der Waals surface area contributed by atoms with Crippen LogP contribution in [0.2, 0.25) is 10.2 Å². The van der Waals surface area contributed by atoms with Crippen molar-refractivity contribution >= 4 is 29.1 Å². The first-order chi connectivity index (χ1) is 9.99. The van der Waals surface area contributed by atoms with Crippen molar-refractivity contribution in [3.63, 3.8) is 0 Å². The maximum atomic E-state index is 13.0. The lowest BCUT2D eigenvalue weighted by molar-refractivity contribution is 0.0952. The van der Waals surface area contributed by atoms with Gasteiger partial charge in [-0.3, -0.25) is 9.48 Å². The van der Waals surface area contributed by atoms with Gasteiger partial charge < -0.3 is 5.32 Å². The van der Waals surface area contributed by atoms with Crippen LogP contribution in [0.4, 0.5) is 4.39 Å². The highest BCUT2D eigenvalue weighted by Crippen LogP contribution is 2.24. The molecule has 7 heteroatoms. The molecule has 0 aliphatic rings. The molecule has 0 spiro atoms. The summed E-state index contributed by atoms with van der Waals surface area (Å²) in [5.74, 6) is -0.744. The Morgan fingerprint density at radius 2 is 2.19 bits per heavy atom. The van der Waals surface area contributed by atoms with E-state index in [0.717, 1.165) is 0 Å². The zero-order chi connectivity index (χ0) is 15.4. The molecule has 2 rings (SSSR count). The van der Waals surface area contributed by atoms with Crippen molar-refractivity contribution in [3.05, 3.63) is 51.5 Å². The molecule has 112 valence electrons. The zero-order valence-corrected chi connectivity index (χ0v) is 12.9. The van der Waals surface area contributed by atoms with Crippen molar-refractivity contribution in [1.29, 1.82) is 0 Å². The van der Waals surface area contributed by atoms with Crippen LogP contribution < -0.4 is 5.32 Å². The van der Waals surface area contributed by atoms with Gasteiger partial charge >= 0.3 is 0 Å². The summed E-state index contributed by atoms with van der Waals surface area (Å²) in [6.45, 7) is 2.74. The van der Waals surface area contributed by atoms with Gasteiger partial charge in [0.05, 0.1) is 5.69 Å². The lowest BCUT2D eigenvalue weighted by atomic mass is 10.2. The van der Waals surface area contributed by atoms with Crippen LogP contribution in [-0.4, -0.2) is 22.2 Å². The summed E-state index contributed by atoms with van der Waals surface area (Å²) in [4.78, 5) is 11.8. The number of aromatic nitrogens is 2. The summed E-state index contributed by atoms with van der Waals surface area (Å²) in [6.07, 6.45) is 0.637. The van der Waals surface area contributed by atoms with Crippen molar-refractivity contribution < 1.29 is 9.18 Å². The molecule has 2 aromatic rings. The van der Waals surface area contributed by atoms with Gasteiger partial charge in [-0.05, 0) is 31.5 Å². The van der Waals surface area contributed by atoms with Gasteiger partial charge in [0, 0.05) is 18.7 Å². The Balaban J connectivity index is 1.82. The van der Waals surface area contributed by atoms with Crippen molar-refractivity contribution in [3.8, 4) is 0 Å². The number of halogens is 3. The molecule has 0 fully saturated rings. The topological polar surface area (TPSA) is 46.9 Å². The van der Waals surface area contributed by atoms with Gasteiger partial charge in [0.15, 0.2) is 0 Å². The molecule has 4 nitrogen and oxygen atoms in total. The predicted octanol–water partition coefficient (Wildman–Crippen LogP) is 3.46. The number of rotatable bonds is 5. The summed E-state index contributed by atoms with van der Waals surface area (Å²) >= 11 is 11.9. The normalized spacial score (nSPS) is 10.7. The molecule has 21 heavy (non-hydrogen) atoms. The minimum absolute atomic E-state index is 0.297. The summed E-state index contributed by atoms with van der Waals surface area (Å²) in [6, 6.07) is 5.55. The highest BCUT2D eigenvalue weighted by atomic mass is 35.5. The number of nitrogens with zero attached hydrogens (tertiary/aromatic N) is 2. The van der Waals surface area contributed by atoms with Gasteiger partial charge in [-0.15, -0.1) is 0 Å². The number of amides is 1. The SMILES string of the molecule is Cc1nn(CCCNC(=O)c2cccc(F)c2)c(Cl)c1Cl. The molecule has 1 aromatic carbocycles. The fraction of sp³-hybridized carbons (Fsp3) is 0.286. The fourth-order valence-electron chi connectivity index (χ4n) is 1.84. The molecule has 0 bridgehead atoms. The molecule has 0 atom stereocenters. The molecule has 0 aliphatic carbocycles. The van der Waals surface area contributed by atoms with Crippen LogP contribution in [0.5, 0.6) is 0 Å². The molecule has 1 aromatic heterocycles. The molecule has 0 radical (unpaired) electrons. The van der Waals surface area contributed by atoms with Gasteiger partial charge in [-0.25, -0.2) is 4.39 Å². The molecule has 0 unspecified atom stereocenters. The minimum atomic E-state index is -0.434. The van der Waals surface area contributed by atoms with Crippen molar-refractivity contribution in [2.24, 2.45) is 0 Å². The molecule has 0 aliphatic heterocycles. The second kappa shape index (κ2) is 6.91. The lowest BCUT2D eigenvalue weighted by Gasteiger charge is -2.06. The Kier molecular flexibility index (Phi) is 5.20. The van der Waals surface area contributed by atoms with E-state index in [1.54, 1.807) is 17.7 Å². The third kappa shape index (κ3) is 3.95. The maximum Gasteiger partial charge on any atom is 0.251 e. The molecule has 1 amide bonds. The van der Waals surface area contributed by atoms with E-state index in [4.69, 9.17) is 23.2 Å². The number of benzene rings is 1. The molecular formula is C14H14Cl2FN3O. The van der Waals surface area contributed by atoms with Crippen LogP contribution in [0.25, 0.3) is 0 Å². The monoisotopic (exact) mass is 329 g/mol. The Hall–Kier alpha value is -1.59. The molecule has 0 saturated carbocycles. The quantitative estimate of drug-likeness (QED) is 0.854. The first kappa shape index (κ1) is 15.8. The van der Waals surface area contributed by atoms with E-state index in [0.29, 0.717) is 40.9 Å². The second-order valence-electron chi connectivity index (χ2n) is 4.53. The van der Waals surface area contributed by atoms with Crippen LogP contribution in [0, 0.1) is 12.7 Å². The van der Waals surface area contributed by atoms with Crippen molar-refractivity contribution in [2.75, 3.05) is 6.54 Å². The first-order valence-electron chi connectivity index (χ1n) is 6.41. The highest BCUT2D eigenvalue weighted by molar-refractivity contribution is 6.41. The predicted molar refractivity (Wildman–Crippen MR) is 80.3 cm³/mol. The molecule has 0 saturated heterocycles. The van der Waals surface area contributed by atoms with Crippen LogP contribution in [0.3, 0.4) is 0 Å². The summed E-state index contributed by atoms with van der Waals surface area (Å²) in [5.41, 5.74) is 0.969. The van der Waals surface area contributed by atoms with Gasteiger partial charge in [-0.2, -0.15) is 5.10 Å². The highest BCUT2D eigenvalue weighted by Gasteiger charge is 2.11. The van der Waals surface area contributed by atoms with Gasteiger partial charge in [0.25, 0.3) is 5.91 Å². The average molecular weight is 330 g/mol. The Labute approximate surface area is 131 Å². The third-order valence-corrected chi connectivity index (χ3v) is 3.85. The van der Waals surface area contributed by atoms with E-state index in [1.165, 1.54) is 18.2 Å². The first-order valence-corrected chi connectivity index (χ1v) is 7.17. The third-order valence-electron chi connectivity index (χ3n) is 2.92. The molecule has 1 heterocycles. The van der Waals surface area contributed by atoms with Crippen LogP contribution >= 0.6 is 23.2 Å². The zero-order valence-electron chi connectivity index (χ0n) is 11.4. The number of carbonyl (C=O) groups is 1. The van der Waals surface area contributed by atoms with Gasteiger partial charge in [-0.1, -0.05) is 29.3 Å². The number of nitrogens with one attached hydrogen (secondary N) is 1. The van der Waals surface area contributed by atoms with Crippen molar-refractivity contribution in [1.82, 2.24) is 15.1 Å². The number of hydrogen-bond donors (Lipinski definition) is 1. The summed E-state index contributed by atoms with van der Waals surface area (Å²) in [5, 5.41) is 7.74. The van der Waals surface area contributed by atoms with E-state index in [1.807, 2.05) is 0 Å². The van der Waals surface area contributed by atoms with Crippen molar-refractivity contribution in [2.45, 2.75) is 19.9 Å². The maximum absolute atomic E-state index is 13.0. The van der Waals surface area contributed by atoms with E-state index in [-0.39, 0.29) is 5.91 Å². The van der Waals surface area contributed by atoms with Crippen LogP contribution in [-0.2, 0) is 6.54 Å². The second-order valence-corrected chi connectivity index (χ2v) is 5.27. The lowest BCUT2D eigenvalue weighted by Crippen LogP contribution is -2.25. The standard InChI is InChI=1S/C14H14Cl2FN3O/c1-9-12(15)13(16)20(19-9)7-3-6-18-14(21)10-4-2-5-11(17)8-10/h2,4-5,8H,3,6-7H2,1H3,(H,18,21). The van der Waals surface area contributed by atoms with E-state index in [9.17, 15) is 9.18 Å². The number of carbonyl (C=O) groups excluding carboxylic acids is 1. The van der Waals surface area contributed by atoms with E-state index >= 15 is 0 Å². The minimum Gasteiger partial charge on any atom is -0.352 e. The smallest absolute Gasteiger partial charge is 0.251 e. The van der Waals surface area contributed by atoms with Gasteiger partial charge in [0.2, 0.25) is 0 Å². The Morgan fingerprint density at radius 3 is 2.81 bits per heavy atom. The average Bonchev–Trinajstić information content (AvgIpc) is 2.71. The van der Waals surface area contributed by atoms with Crippen LogP contribution in [0.15, 0.2) is 24.3 Å². The number of aryl methyl sites for hydroxylation is 2. The molecule has 1 N–H and O–H groups in total. The largest absolute Gasteiger partial charge is 0.352 e. The Morgan fingerprint density at radius 1 is 1.43 bits per heavy atom. The van der Waals surface area contributed by atoms with Gasteiger partial charge in [0.1, 0.15) is 16.0 Å². The summed E-state index contributed by atoms with van der Waals surface area (Å²) < 4.78 is 14.6. The van der Waals surface area contributed by atoms with Crippen LogP contribution in [0.1, 0.15) is 22.5 Å². The Bertz CT molecular complexity index is 658. The van der Waals surface area contributed by atoms with E-state index in [2.05, 4.69) is 10.4 Å².